The average Bonchev–Trinajstić information content (AvgIpc) is 2.75. The molecule has 0 spiro atoms. The highest BCUT2D eigenvalue weighted by Gasteiger charge is 2.25. The van der Waals surface area contributed by atoms with E-state index < -0.39 is 17.9 Å². The number of nitrogens with one attached hydrogen (secondary N) is 1. The molecular weight excluding hydrogens is 306 g/mol. The third-order valence-electron chi connectivity index (χ3n) is 3.47. The summed E-state index contributed by atoms with van der Waals surface area (Å²) in [6.07, 6.45) is 8.66. The number of carbonyl (C=O) groups is 2. The van der Waals surface area contributed by atoms with Gasteiger partial charge in [0.05, 0.1) is 0 Å². The molecule has 1 aromatic rings. The molecule has 1 rings (SSSR count). The number of carboxylic acids is 1. The summed E-state index contributed by atoms with van der Waals surface area (Å²) in [6, 6.07) is -0.891. The molecule has 0 radical (unpaired) electrons. The fourth-order valence-corrected chi connectivity index (χ4v) is 1.97. The molecule has 5 heteroatoms. The number of aliphatic carboxylic acids is 1. The number of allylic oxidation sites excluding steroid dienone is 2. The lowest BCUT2D eigenvalue weighted by Crippen LogP contribution is -2.41. The number of carbonyl (C=O) groups excluding carboxylic acids is 1. The minimum absolute atomic E-state index is 0.183. The predicted octanol–water partition coefficient (Wildman–Crippen LogP) is 3.63. The Morgan fingerprint density at radius 1 is 1.29 bits per heavy atom. The maximum atomic E-state index is 12.1. The van der Waals surface area contributed by atoms with Crippen molar-refractivity contribution >= 4 is 11.9 Å². The van der Waals surface area contributed by atoms with Crippen molar-refractivity contribution in [2.75, 3.05) is 0 Å². The lowest BCUT2D eigenvalue weighted by Gasteiger charge is -2.15. The lowest BCUT2D eigenvalue weighted by molar-refractivity contribution is -0.139. The molecule has 1 amide bonds. The van der Waals surface area contributed by atoms with Crippen molar-refractivity contribution in [1.29, 1.82) is 0 Å². The van der Waals surface area contributed by atoms with Gasteiger partial charge in [-0.15, -0.1) is 6.42 Å². The minimum Gasteiger partial charge on any atom is -0.480 e. The molecule has 132 valence electrons. The van der Waals surface area contributed by atoms with Crippen LogP contribution in [0.15, 0.2) is 16.6 Å². The molecule has 0 aliphatic rings. The van der Waals surface area contributed by atoms with Crippen LogP contribution < -0.4 is 5.32 Å². The maximum Gasteiger partial charge on any atom is 0.326 e. The van der Waals surface area contributed by atoms with Crippen LogP contribution >= 0.6 is 0 Å². The summed E-state index contributed by atoms with van der Waals surface area (Å²) < 4.78 is 5.39. The molecule has 1 unspecified atom stereocenters. The Labute approximate surface area is 144 Å². The van der Waals surface area contributed by atoms with Crippen LogP contribution in [0.2, 0.25) is 0 Å². The molecule has 5 nitrogen and oxygen atoms in total. The van der Waals surface area contributed by atoms with Gasteiger partial charge in [-0.3, -0.25) is 4.79 Å². The van der Waals surface area contributed by atoms with Gasteiger partial charge in [-0.2, -0.15) is 0 Å². The Bertz CT molecular complexity index is 633. The van der Waals surface area contributed by atoms with Crippen LogP contribution in [0.4, 0.5) is 0 Å². The van der Waals surface area contributed by atoms with E-state index in [1.807, 2.05) is 33.8 Å². The first-order chi connectivity index (χ1) is 11.1. The molecule has 0 saturated heterocycles. The highest BCUT2D eigenvalue weighted by Crippen LogP contribution is 2.20. The van der Waals surface area contributed by atoms with Gasteiger partial charge in [0.1, 0.15) is 11.8 Å². The molecule has 0 saturated carbocycles. The second kappa shape index (κ2) is 10.3. The number of carboxylic acid groups (broad SMARTS) is 1. The van der Waals surface area contributed by atoms with Crippen molar-refractivity contribution in [1.82, 2.24) is 5.32 Å². The topological polar surface area (TPSA) is 79.5 Å². The number of rotatable bonds is 5. The molecule has 0 aliphatic carbocycles. The first-order valence-corrected chi connectivity index (χ1v) is 7.83. The molecule has 1 aromatic heterocycles. The van der Waals surface area contributed by atoms with E-state index in [2.05, 4.69) is 11.2 Å². The number of hydrogen-bond donors (Lipinski definition) is 2. The fraction of sp³-hybridized carbons (Fsp3) is 0.474. The zero-order valence-corrected chi connectivity index (χ0v) is 15.3. The Balaban J connectivity index is 0.000000922. The predicted molar refractivity (Wildman–Crippen MR) is 94.9 cm³/mol. The Hall–Kier alpha value is -2.48. The Morgan fingerprint density at radius 2 is 1.88 bits per heavy atom. The van der Waals surface area contributed by atoms with Crippen LogP contribution in [0.3, 0.4) is 0 Å². The third-order valence-corrected chi connectivity index (χ3v) is 3.47. The molecule has 0 aliphatic heterocycles. The molecule has 2 N–H and O–H groups in total. The van der Waals surface area contributed by atoms with Crippen LogP contribution in [0.25, 0.3) is 0 Å². The van der Waals surface area contributed by atoms with Crippen molar-refractivity contribution in [2.45, 2.75) is 54.0 Å². The summed E-state index contributed by atoms with van der Waals surface area (Å²) in [7, 11) is 0. The van der Waals surface area contributed by atoms with Gasteiger partial charge < -0.3 is 14.8 Å². The lowest BCUT2D eigenvalue weighted by atomic mass is 10.0. The van der Waals surface area contributed by atoms with Gasteiger partial charge in [-0.05, 0) is 51.7 Å². The van der Waals surface area contributed by atoms with E-state index >= 15 is 0 Å². The van der Waals surface area contributed by atoms with Crippen LogP contribution in [-0.2, 0) is 4.79 Å². The largest absolute Gasteiger partial charge is 0.480 e. The SMILES string of the molecule is C#C/C=C\C.Cc1oc(C(=O)NC(CC(C)C)C(=O)O)c(C)c1C. The first-order valence-electron chi connectivity index (χ1n) is 7.83. The summed E-state index contributed by atoms with van der Waals surface area (Å²) in [6.45, 7) is 11.2. The van der Waals surface area contributed by atoms with Gasteiger partial charge in [0.25, 0.3) is 5.91 Å². The monoisotopic (exact) mass is 333 g/mol. The Morgan fingerprint density at radius 3 is 2.17 bits per heavy atom. The van der Waals surface area contributed by atoms with E-state index in [4.69, 9.17) is 15.9 Å². The van der Waals surface area contributed by atoms with Crippen molar-refractivity contribution in [3.05, 3.63) is 34.8 Å². The van der Waals surface area contributed by atoms with Gasteiger partial charge in [-0.25, -0.2) is 4.79 Å². The third kappa shape index (κ3) is 6.74. The summed E-state index contributed by atoms with van der Waals surface area (Å²) >= 11 is 0. The Kier molecular flexibility index (Phi) is 9.26. The molecule has 24 heavy (non-hydrogen) atoms. The zero-order valence-electron chi connectivity index (χ0n) is 15.3. The van der Waals surface area contributed by atoms with Gasteiger partial charge >= 0.3 is 5.97 Å². The van der Waals surface area contributed by atoms with Crippen LogP contribution in [-0.4, -0.2) is 23.0 Å². The van der Waals surface area contributed by atoms with Crippen LogP contribution in [0.1, 0.15) is 54.6 Å². The summed E-state index contributed by atoms with van der Waals surface area (Å²) in [5.41, 5.74) is 1.67. The molecule has 0 fully saturated rings. The van der Waals surface area contributed by atoms with Crippen molar-refractivity contribution in [2.24, 2.45) is 5.92 Å². The number of hydrogen-bond acceptors (Lipinski definition) is 3. The highest BCUT2D eigenvalue weighted by molar-refractivity contribution is 5.95. The normalized spacial score (nSPS) is 11.6. The molecule has 0 aromatic carbocycles. The molecule has 0 bridgehead atoms. The molecule has 1 heterocycles. The van der Waals surface area contributed by atoms with E-state index in [1.54, 1.807) is 19.9 Å². The van der Waals surface area contributed by atoms with Crippen molar-refractivity contribution in [3.63, 3.8) is 0 Å². The minimum atomic E-state index is -1.03. The van der Waals surface area contributed by atoms with Gasteiger partial charge in [0, 0.05) is 5.56 Å². The van der Waals surface area contributed by atoms with E-state index in [-0.39, 0.29) is 11.7 Å². The van der Waals surface area contributed by atoms with E-state index in [9.17, 15) is 9.59 Å². The standard InChI is InChI=1S/C14H21NO4.C5H6/c1-7(2)6-11(14(17)18)15-13(16)12-9(4)8(3)10(5)19-12;1-3-5-4-2/h7,11H,6H2,1-5H3,(H,15,16)(H,17,18);1,4-5H,2H3/b;5-4-. The quantitative estimate of drug-likeness (QED) is 0.806. The van der Waals surface area contributed by atoms with Crippen LogP contribution in [0.5, 0.6) is 0 Å². The van der Waals surface area contributed by atoms with Gasteiger partial charge in [0.2, 0.25) is 0 Å². The molecular formula is C19H27NO4. The molecule has 1 atom stereocenters. The highest BCUT2D eigenvalue weighted by atomic mass is 16.4. The summed E-state index contributed by atoms with van der Waals surface area (Å²) in [4.78, 5) is 23.2. The van der Waals surface area contributed by atoms with E-state index in [1.165, 1.54) is 0 Å². The number of aryl methyl sites for hydroxylation is 1. The fourth-order valence-electron chi connectivity index (χ4n) is 1.97. The smallest absolute Gasteiger partial charge is 0.326 e. The van der Waals surface area contributed by atoms with Gasteiger partial charge in [0.15, 0.2) is 5.76 Å². The number of terminal acetylenes is 1. The average molecular weight is 333 g/mol. The van der Waals surface area contributed by atoms with E-state index in [0.717, 1.165) is 11.1 Å². The second-order valence-corrected chi connectivity index (χ2v) is 5.90. The van der Waals surface area contributed by atoms with Gasteiger partial charge in [-0.1, -0.05) is 25.8 Å². The first kappa shape index (κ1) is 21.5. The zero-order chi connectivity index (χ0) is 18.9. The maximum absolute atomic E-state index is 12.1. The van der Waals surface area contributed by atoms with E-state index in [0.29, 0.717) is 12.2 Å². The number of amides is 1. The van der Waals surface area contributed by atoms with Crippen molar-refractivity contribution in [3.8, 4) is 12.3 Å². The summed E-state index contributed by atoms with van der Waals surface area (Å²) in [5, 5.41) is 11.6. The van der Waals surface area contributed by atoms with Crippen LogP contribution in [0, 0.1) is 39.0 Å². The second-order valence-electron chi connectivity index (χ2n) is 5.90. The van der Waals surface area contributed by atoms with Crippen molar-refractivity contribution < 1.29 is 19.1 Å². The summed E-state index contributed by atoms with van der Waals surface area (Å²) in [5.74, 6) is 1.90. The number of furan rings is 1.